The van der Waals surface area contributed by atoms with Gasteiger partial charge in [0.25, 0.3) is 0 Å². The Morgan fingerprint density at radius 3 is 2.87 bits per heavy atom. The van der Waals surface area contributed by atoms with Crippen molar-refractivity contribution in [3.05, 3.63) is 34.2 Å². The molecule has 1 N–H and O–H groups in total. The molecule has 0 bridgehead atoms. The van der Waals surface area contributed by atoms with Crippen LogP contribution in [-0.4, -0.2) is 15.9 Å². The van der Waals surface area contributed by atoms with E-state index in [-0.39, 0.29) is 0 Å². The van der Waals surface area contributed by atoms with E-state index in [1.807, 2.05) is 18.2 Å². The predicted octanol–water partition coefficient (Wildman–Crippen LogP) is 2.20. The van der Waals surface area contributed by atoms with E-state index in [2.05, 4.69) is 0 Å². The van der Waals surface area contributed by atoms with Gasteiger partial charge in [-0.1, -0.05) is 6.07 Å². The van der Waals surface area contributed by atoms with E-state index in [9.17, 15) is 4.21 Å². The van der Waals surface area contributed by atoms with Crippen LogP contribution in [0.3, 0.4) is 0 Å². The Hall–Kier alpha value is -1.13. The highest BCUT2D eigenvalue weighted by molar-refractivity contribution is 7.83. The van der Waals surface area contributed by atoms with Crippen LogP contribution in [0.1, 0.15) is 17.5 Å². The summed E-state index contributed by atoms with van der Waals surface area (Å²) in [7, 11) is 1.63. The smallest absolute Gasteiger partial charge is 0.182 e. The zero-order valence-corrected chi connectivity index (χ0v) is 9.21. The van der Waals surface area contributed by atoms with Crippen LogP contribution in [-0.2, 0) is 17.5 Å². The fourth-order valence-electron chi connectivity index (χ4n) is 1.71. The van der Waals surface area contributed by atoms with Crippen molar-refractivity contribution in [1.29, 1.82) is 0 Å². The second kappa shape index (κ2) is 4.16. The minimum Gasteiger partial charge on any atom is -0.497 e. The van der Waals surface area contributed by atoms with Gasteiger partial charge in [-0.25, -0.2) is 4.21 Å². The summed E-state index contributed by atoms with van der Waals surface area (Å²) in [6.07, 6.45) is 3.22. The van der Waals surface area contributed by atoms with Crippen LogP contribution < -0.4 is 4.74 Å². The largest absolute Gasteiger partial charge is 0.497 e. The van der Waals surface area contributed by atoms with Crippen molar-refractivity contribution in [2.45, 2.75) is 12.8 Å². The first kappa shape index (κ1) is 10.4. The molecule has 0 amide bonds. The Labute approximate surface area is 91.1 Å². The van der Waals surface area contributed by atoms with Crippen LogP contribution in [0.5, 0.6) is 5.75 Å². The van der Waals surface area contributed by atoms with Crippen molar-refractivity contribution in [2.24, 2.45) is 0 Å². The standard InChI is InChI=1S/C11H12O3S/c1-14-10-4-2-9-7-11(15(12)13)5-3-8(9)6-10/h2,4,6-7H,3,5H2,1H3,(H,12,13). The SMILES string of the molecule is COc1ccc2c(c1)CCC(S(=O)O)=C2. The van der Waals surface area contributed by atoms with Gasteiger partial charge in [-0.2, -0.15) is 0 Å². The molecule has 0 aliphatic heterocycles. The van der Waals surface area contributed by atoms with Gasteiger partial charge in [0, 0.05) is 4.91 Å². The van der Waals surface area contributed by atoms with Gasteiger partial charge in [-0.05, 0) is 42.2 Å². The van der Waals surface area contributed by atoms with E-state index in [1.54, 1.807) is 13.2 Å². The van der Waals surface area contributed by atoms with Gasteiger partial charge in [-0.15, -0.1) is 0 Å². The Bertz CT molecular complexity index is 437. The third-order valence-corrected chi connectivity index (χ3v) is 3.30. The molecular weight excluding hydrogens is 212 g/mol. The molecule has 4 heteroatoms. The molecule has 1 aromatic rings. The van der Waals surface area contributed by atoms with Crippen LogP contribution in [0.4, 0.5) is 0 Å². The lowest BCUT2D eigenvalue weighted by atomic mass is 9.97. The molecule has 0 spiro atoms. The number of hydrogen-bond acceptors (Lipinski definition) is 2. The first-order valence-corrected chi connectivity index (χ1v) is 5.79. The maximum atomic E-state index is 10.9. The monoisotopic (exact) mass is 224 g/mol. The highest BCUT2D eigenvalue weighted by Crippen LogP contribution is 2.28. The van der Waals surface area contributed by atoms with Gasteiger partial charge in [0.15, 0.2) is 11.1 Å². The summed E-state index contributed by atoms with van der Waals surface area (Å²) in [5.41, 5.74) is 2.18. The third-order valence-electron chi connectivity index (χ3n) is 2.53. The lowest BCUT2D eigenvalue weighted by molar-refractivity contribution is 0.414. The van der Waals surface area contributed by atoms with Crippen LogP contribution in [0.2, 0.25) is 0 Å². The minimum absolute atomic E-state index is 0.590. The van der Waals surface area contributed by atoms with E-state index in [1.165, 1.54) is 5.56 Å². The highest BCUT2D eigenvalue weighted by atomic mass is 32.2. The zero-order valence-electron chi connectivity index (χ0n) is 8.40. The first-order valence-electron chi connectivity index (χ1n) is 4.69. The summed E-state index contributed by atoms with van der Waals surface area (Å²) in [5.74, 6) is 0.829. The zero-order chi connectivity index (χ0) is 10.8. The van der Waals surface area contributed by atoms with Gasteiger partial charge in [0.2, 0.25) is 0 Å². The number of ether oxygens (including phenoxy) is 1. The van der Waals surface area contributed by atoms with Crippen molar-refractivity contribution in [3.8, 4) is 5.75 Å². The lowest BCUT2D eigenvalue weighted by Gasteiger charge is -2.14. The predicted molar refractivity (Wildman–Crippen MR) is 60.1 cm³/mol. The molecule has 1 aromatic carbocycles. The molecule has 1 aliphatic carbocycles. The maximum Gasteiger partial charge on any atom is 0.182 e. The van der Waals surface area contributed by atoms with Crippen LogP contribution >= 0.6 is 0 Å². The van der Waals surface area contributed by atoms with E-state index in [4.69, 9.17) is 9.29 Å². The second-order valence-corrected chi connectivity index (χ2v) is 4.45. The van der Waals surface area contributed by atoms with Gasteiger partial charge < -0.3 is 9.29 Å². The van der Waals surface area contributed by atoms with Crippen LogP contribution in [0.15, 0.2) is 23.1 Å². The highest BCUT2D eigenvalue weighted by Gasteiger charge is 2.14. The number of methoxy groups -OCH3 is 1. The number of fused-ring (bicyclic) bond motifs is 1. The molecule has 0 saturated carbocycles. The number of allylic oxidation sites excluding steroid dienone is 1. The quantitative estimate of drug-likeness (QED) is 0.783. The minimum atomic E-state index is -1.84. The summed E-state index contributed by atoms with van der Waals surface area (Å²) in [5, 5.41) is 0. The van der Waals surface area contributed by atoms with Crippen molar-refractivity contribution in [3.63, 3.8) is 0 Å². The Morgan fingerprint density at radius 2 is 2.20 bits per heavy atom. The van der Waals surface area contributed by atoms with Crippen LogP contribution in [0.25, 0.3) is 6.08 Å². The fraction of sp³-hybridized carbons (Fsp3) is 0.273. The fourth-order valence-corrected chi connectivity index (χ4v) is 2.21. The van der Waals surface area contributed by atoms with Gasteiger partial charge in [0.1, 0.15) is 5.75 Å². The average molecular weight is 224 g/mol. The molecule has 3 nitrogen and oxygen atoms in total. The molecule has 0 heterocycles. The number of hydrogen-bond donors (Lipinski definition) is 1. The molecule has 15 heavy (non-hydrogen) atoms. The third kappa shape index (κ3) is 2.11. The second-order valence-electron chi connectivity index (χ2n) is 3.42. The molecule has 1 unspecified atom stereocenters. The van der Waals surface area contributed by atoms with Crippen molar-refractivity contribution >= 4 is 17.2 Å². The van der Waals surface area contributed by atoms with Crippen molar-refractivity contribution in [1.82, 2.24) is 0 Å². The Balaban J connectivity index is 2.40. The Morgan fingerprint density at radius 1 is 1.40 bits per heavy atom. The van der Waals surface area contributed by atoms with Crippen LogP contribution in [0, 0.1) is 0 Å². The normalized spacial score (nSPS) is 16.5. The molecular formula is C11H12O3S. The first-order chi connectivity index (χ1) is 7.20. The molecule has 0 aromatic heterocycles. The number of rotatable bonds is 2. The molecule has 80 valence electrons. The van der Waals surface area contributed by atoms with E-state index in [0.717, 1.165) is 17.7 Å². The molecule has 1 aliphatic rings. The van der Waals surface area contributed by atoms with Gasteiger partial charge >= 0.3 is 0 Å². The maximum absolute atomic E-state index is 10.9. The lowest BCUT2D eigenvalue weighted by Crippen LogP contribution is -2.03. The molecule has 1 atom stereocenters. The summed E-state index contributed by atoms with van der Waals surface area (Å²) in [6.45, 7) is 0. The average Bonchev–Trinajstić information content (AvgIpc) is 2.27. The summed E-state index contributed by atoms with van der Waals surface area (Å²) >= 11 is -1.84. The summed E-state index contributed by atoms with van der Waals surface area (Å²) in [4.78, 5) is 0.590. The van der Waals surface area contributed by atoms with E-state index >= 15 is 0 Å². The van der Waals surface area contributed by atoms with Gasteiger partial charge in [0.05, 0.1) is 7.11 Å². The van der Waals surface area contributed by atoms with Gasteiger partial charge in [-0.3, -0.25) is 0 Å². The Kier molecular flexibility index (Phi) is 2.88. The topological polar surface area (TPSA) is 46.5 Å². The molecule has 0 saturated heterocycles. The molecule has 0 fully saturated rings. The molecule has 2 rings (SSSR count). The van der Waals surface area contributed by atoms with E-state index in [0.29, 0.717) is 11.3 Å². The van der Waals surface area contributed by atoms with E-state index < -0.39 is 11.1 Å². The number of aryl methyl sites for hydroxylation is 1. The van der Waals surface area contributed by atoms with Crippen molar-refractivity contribution in [2.75, 3.05) is 7.11 Å². The summed E-state index contributed by atoms with van der Waals surface area (Å²) < 4.78 is 25.0. The number of benzene rings is 1. The molecule has 0 radical (unpaired) electrons. The summed E-state index contributed by atoms with van der Waals surface area (Å²) in [6, 6.07) is 5.75. The van der Waals surface area contributed by atoms with Crippen molar-refractivity contribution < 1.29 is 13.5 Å².